The standard InChI is InChI=1S/C12H15N3O4/c1-8(2)5-12(17)14-13-7-9-6-10(15(18)19)3-4-11(9)16/h3-4,6-8,16H,5H2,1-2H3,(H,14,17)/p-1/b13-7-. The fourth-order valence-corrected chi connectivity index (χ4v) is 1.34. The minimum Gasteiger partial charge on any atom is -0.872 e. The molecule has 1 aromatic rings. The topological polar surface area (TPSA) is 108 Å². The minimum atomic E-state index is -0.603. The van der Waals surface area contributed by atoms with E-state index in [4.69, 9.17) is 0 Å². The number of benzene rings is 1. The molecule has 19 heavy (non-hydrogen) atoms. The second-order valence-electron chi connectivity index (χ2n) is 4.37. The number of carbonyl (C=O) groups is 1. The Morgan fingerprint density at radius 1 is 1.53 bits per heavy atom. The van der Waals surface area contributed by atoms with E-state index in [1.165, 1.54) is 0 Å². The van der Waals surface area contributed by atoms with Crippen molar-refractivity contribution >= 4 is 17.8 Å². The molecule has 1 rings (SSSR count). The number of non-ortho nitro benzene ring substituents is 1. The smallest absolute Gasteiger partial charge is 0.270 e. The Balaban J connectivity index is 2.73. The first-order valence-corrected chi connectivity index (χ1v) is 5.67. The van der Waals surface area contributed by atoms with Crippen molar-refractivity contribution in [3.8, 4) is 5.75 Å². The molecule has 0 atom stereocenters. The van der Waals surface area contributed by atoms with Crippen LogP contribution in [0.2, 0.25) is 0 Å². The fraction of sp³-hybridized carbons (Fsp3) is 0.333. The van der Waals surface area contributed by atoms with E-state index in [0.29, 0.717) is 6.42 Å². The summed E-state index contributed by atoms with van der Waals surface area (Å²) in [7, 11) is 0. The van der Waals surface area contributed by atoms with Gasteiger partial charge in [0.05, 0.1) is 11.1 Å². The Morgan fingerprint density at radius 3 is 2.79 bits per heavy atom. The number of rotatable bonds is 5. The van der Waals surface area contributed by atoms with Crippen LogP contribution in [0.4, 0.5) is 5.69 Å². The van der Waals surface area contributed by atoms with Crippen molar-refractivity contribution in [1.82, 2.24) is 5.43 Å². The monoisotopic (exact) mass is 264 g/mol. The van der Waals surface area contributed by atoms with Crippen LogP contribution in [0.25, 0.3) is 0 Å². The van der Waals surface area contributed by atoms with Gasteiger partial charge in [0, 0.05) is 18.6 Å². The largest absolute Gasteiger partial charge is 0.872 e. The van der Waals surface area contributed by atoms with Crippen LogP contribution < -0.4 is 10.5 Å². The zero-order valence-corrected chi connectivity index (χ0v) is 10.6. The molecule has 0 bridgehead atoms. The van der Waals surface area contributed by atoms with E-state index in [1.807, 2.05) is 13.8 Å². The molecule has 7 heteroatoms. The highest BCUT2D eigenvalue weighted by molar-refractivity contribution is 5.85. The van der Waals surface area contributed by atoms with E-state index in [1.54, 1.807) is 0 Å². The van der Waals surface area contributed by atoms with Gasteiger partial charge in [-0.25, -0.2) is 5.43 Å². The summed E-state index contributed by atoms with van der Waals surface area (Å²) < 4.78 is 0. The van der Waals surface area contributed by atoms with E-state index < -0.39 is 10.7 Å². The molecule has 0 aliphatic heterocycles. The highest BCUT2D eigenvalue weighted by Crippen LogP contribution is 2.18. The molecule has 0 spiro atoms. The summed E-state index contributed by atoms with van der Waals surface area (Å²) in [6.07, 6.45) is 1.42. The molecular formula is C12H14N3O4-. The number of nitro groups is 1. The van der Waals surface area contributed by atoms with Gasteiger partial charge in [0.25, 0.3) is 5.69 Å². The van der Waals surface area contributed by atoms with Crippen molar-refractivity contribution in [3.05, 3.63) is 33.9 Å². The zero-order valence-electron chi connectivity index (χ0n) is 10.6. The molecule has 0 aliphatic rings. The van der Waals surface area contributed by atoms with E-state index in [9.17, 15) is 20.0 Å². The van der Waals surface area contributed by atoms with Gasteiger partial charge in [0.1, 0.15) is 0 Å². The second-order valence-corrected chi connectivity index (χ2v) is 4.37. The van der Waals surface area contributed by atoms with Gasteiger partial charge < -0.3 is 5.11 Å². The quantitative estimate of drug-likeness (QED) is 0.489. The number of carbonyl (C=O) groups excluding carboxylic acids is 1. The third-order valence-corrected chi connectivity index (χ3v) is 2.19. The number of hydrogen-bond donors (Lipinski definition) is 1. The van der Waals surface area contributed by atoms with E-state index >= 15 is 0 Å². The molecule has 7 nitrogen and oxygen atoms in total. The van der Waals surface area contributed by atoms with Gasteiger partial charge in [0.2, 0.25) is 5.91 Å². The molecule has 102 valence electrons. The maximum Gasteiger partial charge on any atom is 0.270 e. The maximum absolute atomic E-state index is 11.4. The van der Waals surface area contributed by atoms with E-state index in [2.05, 4.69) is 10.5 Å². The summed E-state index contributed by atoms with van der Waals surface area (Å²) >= 11 is 0. The lowest BCUT2D eigenvalue weighted by Crippen LogP contribution is -2.19. The molecule has 0 aromatic heterocycles. The first kappa shape index (κ1) is 14.6. The Labute approximate surface area is 110 Å². The number of hydrazone groups is 1. The van der Waals surface area contributed by atoms with Crippen LogP contribution in [0.3, 0.4) is 0 Å². The van der Waals surface area contributed by atoms with Gasteiger partial charge in [-0.05, 0) is 11.5 Å². The lowest BCUT2D eigenvalue weighted by atomic mass is 10.1. The minimum absolute atomic E-state index is 0.0547. The summed E-state index contributed by atoms with van der Waals surface area (Å²) in [4.78, 5) is 21.2. The molecule has 1 aromatic carbocycles. The van der Waals surface area contributed by atoms with E-state index in [-0.39, 0.29) is 23.1 Å². The number of nitrogens with zero attached hydrogens (tertiary/aromatic N) is 2. The lowest BCUT2D eigenvalue weighted by molar-refractivity contribution is -0.385. The average Bonchev–Trinajstić information content (AvgIpc) is 2.30. The Hall–Kier alpha value is -2.44. The van der Waals surface area contributed by atoms with Crippen LogP contribution in [-0.4, -0.2) is 17.0 Å². The predicted octanol–water partition coefficient (Wildman–Crippen LogP) is 1.16. The number of nitrogens with one attached hydrogen (secondary N) is 1. The highest BCUT2D eigenvalue weighted by atomic mass is 16.6. The van der Waals surface area contributed by atoms with Crippen LogP contribution in [0.1, 0.15) is 25.8 Å². The third-order valence-electron chi connectivity index (χ3n) is 2.19. The highest BCUT2D eigenvalue weighted by Gasteiger charge is 2.06. The first-order chi connectivity index (χ1) is 8.90. The predicted molar refractivity (Wildman–Crippen MR) is 67.7 cm³/mol. The number of hydrogen-bond acceptors (Lipinski definition) is 5. The van der Waals surface area contributed by atoms with Crippen LogP contribution in [0.5, 0.6) is 5.75 Å². The summed E-state index contributed by atoms with van der Waals surface area (Å²) in [5, 5.41) is 25.6. The zero-order chi connectivity index (χ0) is 14.4. The van der Waals surface area contributed by atoms with Crippen LogP contribution in [0.15, 0.2) is 23.3 Å². The molecular weight excluding hydrogens is 250 g/mol. The molecule has 0 saturated carbocycles. The van der Waals surface area contributed by atoms with Crippen LogP contribution in [0, 0.1) is 16.0 Å². The summed E-state index contributed by atoms with van der Waals surface area (Å²) in [6, 6.07) is 3.33. The molecule has 0 fully saturated rings. The van der Waals surface area contributed by atoms with Gasteiger partial charge in [0.15, 0.2) is 0 Å². The molecule has 0 aliphatic carbocycles. The second kappa shape index (κ2) is 6.48. The van der Waals surface area contributed by atoms with Gasteiger partial charge in [-0.3, -0.25) is 14.9 Å². The van der Waals surface area contributed by atoms with Gasteiger partial charge >= 0.3 is 0 Å². The number of nitro benzene ring substituents is 1. The van der Waals surface area contributed by atoms with Crippen molar-refractivity contribution in [2.75, 3.05) is 0 Å². The van der Waals surface area contributed by atoms with Gasteiger partial charge in [-0.1, -0.05) is 25.7 Å². The molecule has 1 N–H and O–H groups in total. The van der Waals surface area contributed by atoms with Crippen molar-refractivity contribution in [3.63, 3.8) is 0 Å². The Kier molecular flexibility index (Phi) is 4.99. The summed E-state index contributed by atoms with van der Waals surface area (Å²) in [5.74, 6) is -0.473. The van der Waals surface area contributed by atoms with Crippen molar-refractivity contribution in [1.29, 1.82) is 0 Å². The van der Waals surface area contributed by atoms with Gasteiger partial charge in [-0.2, -0.15) is 5.10 Å². The fourth-order valence-electron chi connectivity index (χ4n) is 1.34. The maximum atomic E-state index is 11.4. The summed E-state index contributed by atoms with van der Waals surface area (Å²) in [6.45, 7) is 3.78. The Morgan fingerprint density at radius 2 is 2.21 bits per heavy atom. The van der Waals surface area contributed by atoms with Gasteiger partial charge in [-0.15, -0.1) is 0 Å². The molecule has 0 heterocycles. The number of amides is 1. The summed E-state index contributed by atoms with van der Waals surface area (Å²) in [5.41, 5.74) is 2.12. The SMILES string of the molecule is CC(C)CC(=O)N/N=C\c1cc([N+](=O)[O-])ccc1[O-]. The van der Waals surface area contributed by atoms with Crippen LogP contribution >= 0.6 is 0 Å². The molecule has 0 radical (unpaired) electrons. The first-order valence-electron chi connectivity index (χ1n) is 5.67. The third kappa shape index (κ3) is 4.74. The van der Waals surface area contributed by atoms with Crippen molar-refractivity contribution in [2.45, 2.75) is 20.3 Å². The Bertz CT molecular complexity index is 512. The van der Waals surface area contributed by atoms with Crippen molar-refractivity contribution in [2.24, 2.45) is 11.0 Å². The average molecular weight is 264 g/mol. The normalized spacial score (nSPS) is 10.9. The van der Waals surface area contributed by atoms with Crippen molar-refractivity contribution < 1.29 is 14.8 Å². The molecule has 1 amide bonds. The van der Waals surface area contributed by atoms with Crippen LogP contribution in [-0.2, 0) is 4.79 Å². The molecule has 0 saturated heterocycles. The van der Waals surface area contributed by atoms with E-state index in [0.717, 1.165) is 24.4 Å². The lowest BCUT2D eigenvalue weighted by Gasteiger charge is -2.08. The molecule has 0 unspecified atom stereocenters.